The summed E-state index contributed by atoms with van der Waals surface area (Å²) >= 11 is 5.67. The van der Waals surface area contributed by atoms with Crippen LogP contribution in [0.3, 0.4) is 0 Å². The number of anilines is 1. The van der Waals surface area contributed by atoms with Crippen molar-refractivity contribution in [2.45, 2.75) is 13.8 Å². The predicted molar refractivity (Wildman–Crippen MR) is 103 cm³/mol. The normalized spacial score (nSPS) is 10.6. The summed E-state index contributed by atoms with van der Waals surface area (Å²) in [5.74, 6) is -1.81. The van der Waals surface area contributed by atoms with Crippen LogP contribution in [0.15, 0.2) is 48.5 Å². The lowest BCUT2D eigenvalue weighted by atomic mass is 10.2. The summed E-state index contributed by atoms with van der Waals surface area (Å²) < 4.78 is 19.9. The Hall–Kier alpha value is -3.19. The van der Waals surface area contributed by atoms with Gasteiger partial charge < -0.3 is 10.1 Å². The van der Waals surface area contributed by atoms with Crippen molar-refractivity contribution < 1.29 is 18.7 Å². The lowest BCUT2D eigenvalue weighted by Gasteiger charge is -2.08. The highest BCUT2D eigenvalue weighted by molar-refractivity contribution is 6.31. The Morgan fingerprint density at radius 3 is 2.57 bits per heavy atom. The van der Waals surface area contributed by atoms with Gasteiger partial charge in [-0.15, -0.1) is 0 Å². The smallest absolute Gasteiger partial charge is 0.342 e. The molecule has 0 aliphatic rings. The highest BCUT2D eigenvalue weighted by atomic mass is 35.5. The van der Waals surface area contributed by atoms with E-state index in [2.05, 4.69) is 10.4 Å². The van der Waals surface area contributed by atoms with Crippen LogP contribution in [-0.4, -0.2) is 28.3 Å². The second kappa shape index (κ2) is 8.22. The molecule has 0 bridgehead atoms. The van der Waals surface area contributed by atoms with Crippen molar-refractivity contribution in [2.24, 2.45) is 0 Å². The number of aryl methyl sites for hydroxylation is 1. The minimum absolute atomic E-state index is 0.116. The monoisotopic (exact) mass is 401 g/mol. The first-order chi connectivity index (χ1) is 13.4. The predicted octanol–water partition coefficient (Wildman–Crippen LogP) is 4.08. The van der Waals surface area contributed by atoms with E-state index in [0.717, 1.165) is 11.8 Å². The number of carbonyl (C=O) groups is 2. The summed E-state index contributed by atoms with van der Waals surface area (Å²) in [4.78, 5) is 24.5. The number of hydrogen-bond acceptors (Lipinski definition) is 4. The van der Waals surface area contributed by atoms with Gasteiger partial charge in [0.25, 0.3) is 5.91 Å². The van der Waals surface area contributed by atoms with E-state index >= 15 is 0 Å². The second-order valence-corrected chi connectivity index (χ2v) is 6.45. The lowest BCUT2D eigenvalue weighted by molar-refractivity contribution is -0.119. The largest absolute Gasteiger partial charge is 0.452 e. The van der Waals surface area contributed by atoms with E-state index in [9.17, 15) is 14.0 Å². The Morgan fingerprint density at radius 2 is 1.89 bits per heavy atom. The Labute approximate surface area is 165 Å². The van der Waals surface area contributed by atoms with Crippen molar-refractivity contribution in [1.82, 2.24) is 9.78 Å². The third kappa shape index (κ3) is 4.20. The zero-order valence-electron chi connectivity index (χ0n) is 15.2. The third-order valence-corrected chi connectivity index (χ3v) is 4.32. The van der Waals surface area contributed by atoms with Crippen molar-refractivity contribution >= 4 is 29.2 Å². The van der Waals surface area contributed by atoms with E-state index in [1.165, 1.54) is 12.1 Å². The molecule has 0 radical (unpaired) electrons. The molecular formula is C20H17ClFN3O3. The number of halogens is 2. The molecule has 0 unspecified atom stereocenters. The average Bonchev–Trinajstić information content (AvgIpc) is 2.98. The number of benzene rings is 2. The molecule has 0 spiro atoms. The van der Waals surface area contributed by atoms with Crippen molar-refractivity contribution in [3.8, 4) is 5.69 Å². The van der Waals surface area contributed by atoms with Crippen LogP contribution in [0.25, 0.3) is 5.69 Å². The molecule has 0 atom stereocenters. The number of carbonyl (C=O) groups excluding carboxylic acids is 2. The van der Waals surface area contributed by atoms with Crippen molar-refractivity contribution in [3.63, 3.8) is 0 Å². The fraction of sp³-hybridized carbons (Fsp3) is 0.150. The highest BCUT2D eigenvalue weighted by Gasteiger charge is 2.21. The number of nitrogens with one attached hydrogen (secondary N) is 1. The van der Waals surface area contributed by atoms with Crippen LogP contribution in [0.2, 0.25) is 5.02 Å². The number of nitrogens with zero attached hydrogens (tertiary/aromatic N) is 2. The van der Waals surface area contributed by atoms with Crippen LogP contribution in [0.1, 0.15) is 21.7 Å². The molecular weight excluding hydrogens is 385 g/mol. The Balaban J connectivity index is 1.67. The Bertz CT molecular complexity index is 1030. The highest BCUT2D eigenvalue weighted by Crippen LogP contribution is 2.20. The van der Waals surface area contributed by atoms with Crippen LogP contribution >= 0.6 is 11.6 Å². The first-order valence-electron chi connectivity index (χ1n) is 8.40. The van der Waals surface area contributed by atoms with Gasteiger partial charge in [0, 0.05) is 5.69 Å². The van der Waals surface area contributed by atoms with Gasteiger partial charge in [0.05, 0.1) is 22.1 Å². The number of esters is 1. The summed E-state index contributed by atoms with van der Waals surface area (Å²) in [6, 6.07) is 13.1. The summed E-state index contributed by atoms with van der Waals surface area (Å²) in [5.41, 5.74) is 2.53. The zero-order valence-corrected chi connectivity index (χ0v) is 16.0. The molecule has 1 amide bonds. The maximum absolute atomic E-state index is 13.2. The fourth-order valence-electron chi connectivity index (χ4n) is 2.73. The van der Waals surface area contributed by atoms with Gasteiger partial charge in [-0.2, -0.15) is 5.10 Å². The van der Waals surface area contributed by atoms with Crippen LogP contribution in [-0.2, 0) is 9.53 Å². The molecule has 3 rings (SSSR count). The molecule has 2 aromatic carbocycles. The molecule has 0 aliphatic heterocycles. The molecule has 8 heteroatoms. The summed E-state index contributed by atoms with van der Waals surface area (Å²) in [6.45, 7) is 2.96. The van der Waals surface area contributed by atoms with Gasteiger partial charge in [-0.3, -0.25) is 4.79 Å². The maximum atomic E-state index is 13.2. The van der Waals surface area contributed by atoms with Crippen molar-refractivity contribution in [3.05, 3.63) is 76.3 Å². The molecule has 0 saturated carbocycles. The molecule has 6 nitrogen and oxygen atoms in total. The molecule has 0 aliphatic carbocycles. The van der Waals surface area contributed by atoms with E-state index in [1.807, 2.05) is 30.3 Å². The van der Waals surface area contributed by atoms with Gasteiger partial charge in [0.1, 0.15) is 11.4 Å². The molecule has 0 fully saturated rings. The van der Waals surface area contributed by atoms with Gasteiger partial charge in [0.15, 0.2) is 6.61 Å². The summed E-state index contributed by atoms with van der Waals surface area (Å²) in [7, 11) is 0. The van der Waals surface area contributed by atoms with Crippen LogP contribution in [0.5, 0.6) is 0 Å². The van der Waals surface area contributed by atoms with Crippen LogP contribution in [0, 0.1) is 19.7 Å². The Morgan fingerprint density at radius 1 is 1.18 bits per heavy atom. The number of rotatable bonds is 5. The lowest BCUT2D eigenvalue weighted by Crippen LogP contribution is -2.21. The van der Waals surface area contributed by atoms with E-state index in [1.54, 1.807) is 18.5 Å². The van der Waals surface area contributed by atoms with Gasteiger partial charge in [-0.1, -0.05) is 29.8 Å². The molecule has 0 saturated heterocycles. The standard InChI is InChI=1S/C20H17ClFN3O3/c1-12-19(13(2)25(24-12)15-6-4-3-5-7-15)20(27)28-11-18(26)23-14-8-9-17(22)16(21)10-14/h3-10H,11H2,1-2H3,(H,23,26). The van der Waals surface area contributed by atoms with Crippen LogP contribution in [0.4, 0.5) is 10.1 Å². The Kier molecular flexibility index (Phi) is 5.75. The second-order valence-electron chi connectivity index (χ2n) is 6.05. The topological polar surface area (TPSA) is 73.2 Å². The van der Waals surface area contributed by atoms with E-state index in [4.69, 9.17) is 16.3 Å². The molecule has 28 heavy (non-hydrogen) atoms. The number of ether oxygens (including phenoxy) is 1. The van der Waals surface area contributed by atoms with Gasteiger partial charge in [0.2, 0.25) is 0 Å². The third-order valence-electron chi connectivity index (χ3n) is 4.03. The van der Waals surface area contributed by atoms with Crippen molar-refractivity contribution in [1.29, 1.82) is 0 Å². The van der Waals surface area contributed by atoms with Crippen LogP contribution < -0.4 is 5.32 Å². The quantitative estimate of drug-likeness (QED) is 0.654. The number of amides is 1. The number of hydrogen-bond donors (Lipinski definition) is 1. The SMILES string of the molecule is Cc1nn(-c2ccccc2)c(C)c1C(=O)OCC(=O)Nc1ccc(F)c(Cl)c1. The number of para-hydroxylation sites is 1. The van der Waals surface area contributed by atoms with E-state index in [0.29, 0.717) is 22.6 Å². The first kappa shape index (κ1) is 19.6. The molecule has 3 aromatic rings. The van der Waals surface area contributed by atoms with Gasteiger partial charge >= 0.3 is 5.97 Å². The molecule has 1 aromatic heterocycles. The fourth-order valence-corrected chi connectivity index (χ4v) is 2.91. The maximum Gasteiger partial charge on any atom is 0.342 e. The van der Waals surface area contributed by atoms with Gasteiger partial charge in [-0.05, 0) is 44.2 Å². The summed E-state index contributed by atoms with van der Waals surface area (Å²) in [5, 5.41) is 6.75. The van der Waals surface area contributed by atoms with E-state index in [-0.39, 0.29) is 5.02 Å². The summed E-state index contributed by atoms with van der Waals surface area (Å²) in [6.07, 6.45) is 0. The first-order valence-corrected chi connectivity index (χ1v) is 8.78. The average molecular weight is 402 g/mol. The minimum Gasteiger partial charge on any atom is -0.452 e. The van der Waals surface area contributed by atoms with Gasteiger partial charge in [-0.25, -0.2) is 13.9 Å². The molecule has 1 N–H and O–H groups in total. The molecule has 1 heterocycles. The van der Waals surface area contributed by atoms with E-state index < -0.39 is 24.3 Å². The minimum atomic E-state index is -0.649. The molecule has 144 valence electrons. The zero-order chi connectivity index (χ0) is 20.3. The number of aromatic nitrogens is 2. The van der Waals surface area contributed by atoms with Crippen molar-refractivity contribution in [2.75, 3.05) is 11.9 Å².